The van der Waals surface area contributed by atoms with E-state index in [4.69, 9.17) is 0 Å². The highest BCUT2D eigenvalue weighted by molar-refractivity contribution is 5.14. The molecule has 2 rings (SSSR count). The van der Waals surface area contributed by atoms with Crippen LogP contribution in [0.25, 0.3) is 0 Å². The fourth-order valence-corrected chi connectivity index (χ4v) is 1.93. The minimum atomic E-state index is 1.25. The molecule has 0 saturated heterocycles. The average molecular weight is 254 g/mol. The number of rotatable bonds is 5. The second kappa shape index (κ2) is 10.4. The first-order valence-corrected chi connectivity index (χ1v) is 7.38. The van der Waals surface area contributed by atoms with Gasteiger partial charge in [-0.05, 0) is 25.3 Å². The van der Waals surface area contributed by atoms with Crippen molar-refractivity contribution in [2.75, 3.05) is 0 Å². The first-order chi connectivity index (χ1) is 9.33. The molecule has 0 aromatic heterocycles. The van der Waals surface area contributed by atoms with E-state index in [2.05, 4.69) is 56.3 Å². The molecule has 0 heterocycles. The second-order valence-electron chi connectivity index (χ2n) is 4.95. The smallest absolute Gasteiger partial charge is 0.0279 e. The molecule has 0 bridgehead atoms. The fraction of sp³-hybridized carbons (Fsp3) is 0.368. The average Bonchev–Trinajstić information content (AvgIpc) is 2.46. The summed E-state index contributed by atoms with van der Waals surface area (Å²) in [5, 5.41) is 0. The van der Waals surface area contributed by atoms with E-state index in [9.17, 15) is 0 Å². The highest BCUT2D eigenvalue weighted by Gasteiger charge is 1.90. The van der Waals surface area contributed by atoms with Crippen molar-refractivity contribution in [1.82, 2.24) is 0 Å². The van der Waals surface area contributed by atoms with Gasteiger partial charge in [-0.3, -0.25) is 0 Å². The van der Waals surface area contributed by atoms with Gasteiger partial charge < -0.3 is 0 Å². The van der Waals surface area contributed by atoms with Crippen LogP contribution in [0, 0.1) is 6.92 Å². The summed E-state index contributed by atoms with van der Waals surface area (Å²) in [5.41, 5.74) is 2.80. The Morgan fingerprint density at radius 1 is 0.684 bits per heavy atom. The van der Waals surface area contributed by atoms with E-state index in [1.807, 2.05) is 18.2 Å². The van der Waals surface area contributed by atoms with E-state index >= 15 is 0 Å². The van der Waals surface area contributed by atoms with Crippen LogP contribution in [-0.2, 0) is 6.42 Å². The Morgan fingerprint density at radius 2 is 1.26 bits per heavy atom. The van der Waals surface area contributed by atoms with Gasteiger partial charge in [0.1, 0.15) is 0 Å². The van der Waals surface area contributed by atoms with Crippen molar-refractivity contribution in [3.63, 3.8) is 0 Å². The van der Waals surface area contributed by atoms with Gasteiger partial charge in [0.2, 0.25) is 0 Å². The molecular formula is C19H26. The Labute approximate surface area is 118 Å². The highest BCUT2D eigenvalue weighted by Crippen LogP contribution is 2.06. The Hall–Kier alpha value is -1.56. The van der Waals surface area contributed by atoms with Gasteiger partial charge in [0.25, 0.3) is 0 Å². The topological polar surface area (TPSA) is 0 Å². The van der Waals surface area contributed by atoms with Crippen molar-refractivity contribution in [2.24, 2.45) is 0 Å². The van der Waals surface area contributed by atoms with Gasteiger partial charge in [0, 0.05) is 0 Å². The third-order valence-electron chi connectivity index (χ3n) is 3.10. The summed E-state index contributed by atoms with van der Waals surface area (Å²) in [6.45, 7) is 4.34. The molecule has 0 aliphatic rings. The summed E-state index contributed by atoms with van der Waals surface area (Å²) in [4.78, 5) is 0. The maximum absolute atomic E-state index is 2.25. The van der Waals surface area contributed by atoms with Crippen LogP contribution in [0.1, 0.15) is 43.7 Å². The first-order valence-electron chi connectivity index (χ1n) is 7.38. The number of hydrogen-bond acceptors (Lipinski definition) is 0. The molecule has 0 heteroatoms. The monoisotopic (exact) mass is 254 g/mol. The third kappa shape index (κ3) is 8.20. The number of hydrogen-bond donors (Lipinski definition) is 0. The van der Waals surface area contributed by atoms with Crippen LogP contribution in [0.5, 0.6) is 0 Å². The Balaban J connectivity index is 0.000000218. The fourth-order valence-electron chi connectivity index (χ4n) is 1.93. The molecule has 0 spiro atoms. The minimum absolute atomic E-state index is 1.25. The summed E-state index contributed by atoms with van der Waals surface area (Å²) < 4.78 is 0. The molecule has 0 unspecified atom stereocenters. The van der Waals surface area contributed by atoms with Crippen LogP contribution in [-0.4, -0.2) is 0 Å². The third-order valence-corrected chi connectivity index (χ3v) is 3.10. The van der Waals surface area contributed by atoms with E-state index in [1.165, 1.54) is 43.2 Å². The molecule has 2 aromatic rings. The van der Waals surface area contributed by atoms with Crippen LogP contribution in [0.2, 0.25) is 0 Å². The largest absolute Gasteiger partial charge is 0.0654 e. The zero-order valence-corrected chi connectivity index (χ0v) is 12.3. The summed E-state index contributed by atoms with van der Waals surface area (Å²) in [6, 6.07) is 21.0. The van der Waals surface area contributed by atoms with Gasteiger partial charge in [-0.1, -0.05) is 92.4 Å². The van der Waals surface area contributed by atoms with Gasteiger partial charge in [-0.25, -0.2) is 0 Å². The minimum Gasteiger partial charge on any atom is -0.0654 e. The van der Waals surface area contributed by atoms with Crippen molar-refractivity contribution in [1.29, 1.82) is 0 Å². The second-order valence-corrected chi connectivity index (χ2v) is 4.95. The van der Waals surface area contributed by atoms with Gasteiger partial charge >= 0.3 is 0 Å². The molecule has 0 nitrogen and oxygen atoms in total. The molecule has 0 aliphatic carbocycles. The van der Waals surface area contributed by atoms with Crippen molar-refractivity contribution in [2.45, 2.75) is 46.0 Å². The van der Waals surface area contributed by atoms with Gasteiger partial charge in [-0.2, -0.15) is 0 Å². The molecule has 0 atom stereocenters. The van der Waals surface area contributed by atoms with Crippen LogP contribution < -0.4 is 0 Å². The van der Waals surface area contributed by atoms with Crippen LogP contribution in [0.4, 0.5) is 0 Å². The first kappa shape index (κ1) is 15.5. The van der Waals surface area contributed by atoms with E-state index in [0.717, 1.165) is 0 Å². The SMILES string of the molecule is CCCCCCc1ccccc1.Cc1ccccc1. The van der Waals surface area contributed by atoms with E-state index in [0.29, 0.717) is 0 Å². The maximum atomic E-state index is 2.25. The van der Waals surface area contributed by atoms with Crippen LogP contribution >= 0.6 is 0 Å². The van der Waals surface area contributed by atoms with E-state index in [-0.39, 0.29) is 0 Å². The number of unbranched alkanes of at least 4 members (excludes halogenated alkanes) is 3. The Bertz CT molecular complexity index is 403. The maximum Gasteiger partial charge on any atom is -0.0279 e. The molecule has 19 heavy (non-hydrogen) atoms. The summed E-state index contributed by atoms with van der Waals surface area (Å²) in [5.74, 6) is 0. The normalized spacial score (nSPS) is 9.58. The summed E-state index contributed by atoms with van der Waals surface area (Å²) in [6.07, 6.45) is 6.69. The predicted molar refractivity (Wildman–Crippen MR) is 85.5 cm³/mol. The zero-order valence-electron chi connectivity index (χ0n) is 12.3. The lowest BCUT2D eigenvalue weighted by molar-refractivity contribution is 0.667. The van der Waals surface area contributed by atoms with Crippen molar-refractivity contribution < 1.29 is 0 Å². The lowest BCUT2D eigenvalue weighted by Gasteiger charge is -1.99. The zero-order chi connectivity index (χ0) is 13.8. The van der Waals surface area contributed by atoms with Crippen molar-refractivity contribution in [3.05, 3.63) is 71.8 Å². The molecule has 0 aliphatic heterocycles. The number of aryl methyl sites for hydroxylation is 2. The quantitative estimate of drug-likeness (QED) is 0.591. The molecule has 0 fully saturated rings. The van der Waals surface area contributed by atoms with Gasteiger partial charge in [-0.15, -0.1) is 0 Å². The molecule has 102 valence electrons. The Morgan fingerprint density at radius 3 is 1.74 bits per heavy atom. The van der Waals surface area contributed by atoms with Crippen molar-refractivity contribution in [3.8, 4) is 0 Å². The number of benzene rings is 2. The highest BCUT2D eigenvalue weighted by atomic mass is 14.0. The standard InChI is InChI=1S/C12H18.C7H8/c1-2-3-4-6-9-12-10-7-5-8-11-12;1-7-5-3-2-4-6-7/h5,7-8,10-11H,2-4,6,9H2,1H3;2-6H,1H3. The predicted octanol–water partition coefficient (Wildman–Crippen LogP) is 5.80. The molecule has 0 N–H and O–H groups in total. The van der Waals surface area contributed by atoms with Gasteiger partial charge in [0.05, 0.1) is 0 Å². The molecule has 0 amide bonds. The lowest BCUT2D eigenvalue weighted by atomic mass is 10.1. The molecule has 0 radical (unpaired) electrons. The van der Waals surface area contributed by atoms with E-state index < -0.39 is 0 Å². The van der Waals surface area contributed by atoms with Crippen LogP contribution in [0.3, 0.4) is 0 Å². The summed E-state index contributed by atoms with van der Waals surface area (Å²) in [7, 11) is 0. The summed E-state index contributed by atoms with van der Waals surface area (Å²) >= 11 is 0. The Kier molecular flexibility index (Phi) is 8.46. The van der Waals surface area contributed by atoms with E-state index in [1.54, 1.807) is 0 Å². The van der Waals surface area contributed by atoms with Crippen LogP contribution in [0.15, 0.2) is 60.7 Å². The molecule has 0 saturated carbocycles. The molecular weight excluding hydrogens is 228 g/mol. The lowest BCUT2D eigenvalue weighted by Crippen LogP contribution is -1.84. The van der Waals surface area contributed by atoms with Gasteiger partial charge in [0.15, 0.2) is 0 Å². The molecule has 2 aromatic carbocycles. The van der Waals surface area contributed by atoms with Crippen molar-refractivity contribution >= 4 is 0 Å².